The molecule has 1 fully saturated rings. The van der Waals surface area contributed by atoms with E-state index >= 15 is 0 Å². The lowest BCUT2D eigenvalue weighted by atomic mass is 10.0. The van der Waals surface area contributed by atoms with Gasteiger partial charge in [0.1, 0.15) is 5.58 Å². The van der Waals surface area contributed by atoms with Gasteiger partial charge in [-0.2, -0.15) is 0 Å². The Hall–Kier alpha value is -2.88. The fraction of sp³-hybridized carbons (Fsp3) is 0.273. The van der Waals surface area contributed by atoms with Gasteiger partial charge in [0, 0.05) is 6.07 Å². The molecule has 3 aromatic rings. The summed E-state index contributed by atoms with van der Waals surface area (Å²) in [6.07, 6.45) is 2.19. The summed E-state index contributed by atoms with van der Waals surface area (Å²) >= 11 is 0. The van der Waals surface area contributed by atoms with Crippen LogP contribution in [0.1, 0.15) is 46.1 Å². The molecule has 4 rings (SSSR count). The van der Waals surface area contributed by atoms with Gasteiger partial charge >= 0.3 is 0 Å². The molecule has 0 radical (unpaired) electrons. The van der Waals surface area contributed by atoms with Crippen LogP contribution >= 0.6 is 0 Å². The molecule has 2 aromatic carbocycles. The molecule has 1 saturated carbocycles. The fourth-order valence-electron chi connectivity index (χ4n) is 3.27. The zero-order valence-corrected chi connectivity index (χ0v) is 14.9. The molecule has 1 heterocycles. The predicted octanol–water partition coefficient (Wildman–Crippen LogP) is 4.29. The predicted molar refractivity (Wildman–Crippen MR) is 101 cm³/mol. The molecule has 0 unspecified atom stereocenters. The number of amides is 1. The van der Waals surface area contributed by atoms with E-state index in [-0.39, 0.29) is 23.1 Å². The summed E-state index contributed by atoms with van der Waals surface area (Å²) in [5, 5.41) is 3.56. The van der Waals surface area contributed by atoms with Crippen molar-refractivity contribution in [3.63, 3.8) is 0 Å². The van der Waals surface area contributed by atoms with Crippen molar-refractivity contribution in [3.05, 3.63) is 81.2 Å². The number of benzene rings is 2. The van der Waals surface area contributed by atoms with Crippen molar-refractivity contribution in [2.45, 2.75) is 32.7 Å². The second-order valence-corrected chi connectivity index (χ2v) is 7.17. The molecule has 0 saturated heterocycles. The lowest BCUT2D eigenvalue weighted by Gasteiger charge is -2.18. The third-order valence-corrected chi connectivity index (χ3v) is 4.92. The smallest absolute Gasteiger partial charge is 0.287 e. The van der Waals surface area contributed by atoms with Gasteiger partial charge in [0.05, 0.1) is 11.4 Å². The lowest BCUT2D eigenvalue weighted by Crippen LogP contribution is -2.30. The summed E-state index contributed by atoms with van der Waals surface area (Å²) in [5.41, 5.74) is 3.50. The number of rotatable bonds is 4. The molecule has 1 aliphatic rings. The van der Waals surface area contributed by atoms with E-state index in [1.54, 1.807) is 12.1 Å². The monoisotopic (exact) mass is 347 g/mol. The molecule has 0 bridgehead atoms. The average molecular weight is 347 g/mol. The van der Waals surface area contributed by atoms with Crippen molar-refractivity contribution in [2.75, 3.05) is 0 Å². The number of carbonyl (C=O) groups is 1. The molecule has 132 valence electrons. The van der Waals surface area contributed by atoms with E-state index in [0.717, 1.165) is 24.0 Å². The number of aryl methyl sites for hydroxylation is 2. The molecule has 1 aromatic heterocycles. The quantitative estimate of drug-likeness (QED) is 0.766. The number of carbonyl (C=O) groups excluding carboxylic acids is 1. The average Bonchev–Trinajstić information content (AvgIpc) is 3.46. The van der Waals surface area contributed by atoms with Gasteiger partial charge in [-0.05, 0) is 50.3 Å². The Kier molecular flexibility index (Phi) is 4.11. The SMILES string of the molecule is Cc1ccc([C@@H](NC(=O)c2cc(=O)c3cc(C)ccc3o2)C2CC2)cc1. The minimum absolute atomic E-state index is 0.0536. The van der Waals surface area contributed by atoms with Crippen LogP contribution in [0.5, 0.6) is 0 Å². The van der Waals surface area contributed by atoms with Crippen LogP contribution in [0.25, 0.3) is 11.0 Å². The van der Waals surface area contributed by atoms with Gasteiger partial charge in [-0.3, -0.25) is 9.59 Å². The number of hydrogen-bond acceptors (Lipinski definition) is 3. The van der Waals surface area contributed by atoms with Gasteiger partial charge in [0.25, 0.3) is 5.91 Å². The van der Waals surface area contributed by atoms with Crippen LogP contribution in [0.2, 0.25) is 0 Å². The molecule has 26 heavy (non-hydrogen) atoms. The Labute approximate surface area is 151 Å². The molecule has 4 heteroatoms. The van der Waals surface area contributed by atoms with E-state index in [2.05, 4.69) is 29.6 Å². The van der Waals surface area contributed by atoms with Crippen molar-refractivity contribution < 1.29 is 9.21 Å². The second-order valence-electron chi connectivity index (χ2n) is 7.17. The van der Waals surface area contributed by atoms with E-state index in [9.17, 15) is 9.59 Å². The van der Waals surface area contributed by atoms with Gasteiger partial charge < -0.3 is 9.73 Å². The van der Waals surface area contributed by atoms with Crippen LogP contribution < -0.4 is 10.7 Å². The van der Waals surface area contributed by atoms with Crippen LogP contribution in [0.3, 0.4) is 0 Å². The van der Waals surface area contributed by atoms with Crippen molar-refractivity contribution >= 4 is 16.9 Å². The molecule has 0 aliphatic heterocycles. The highest BCUT2D eigenvalue weighted by atomic mass is 16.3. The Morgan fingerprint density at radius 1 is 1.04 bits per heavy atom. The number of nitrogens with one attached hydrogen (secondary N) is 1. The highest BCUT2D eigenvalue weighted by Gasteiger charge is 2.34. The van der Waals surface area contributed by atoms with Crippen molar-refractivity contribution in [3.8, 4) is 0 Å². The highest BCUT2D eigenvalue weighted by molar-refractivity contribution is 5.93. The Morgan fingerprint density at radius 2 is 1.73 bits per heavy atom. The molecular weight excluding hydrogens is 326 g/mol. The van der Waals surface area contributed by atoms with E-state index in [0.29, 0.717) is 16.9 Å². The molecule has 1 aliphatic carbocycles. The summed E-state index contributed by atoms with van der Waals surface area (Å²) < 4.78 is 5.70. The molecular formula is C22H21NO3. The van der Waals surface area contributed by atoms with Crippen molar-refractivity contribution in [1.29, 1.82) is 0 Å². The molecule has 1 atom stereocenters. The van der Waals surface area contributed by atoms with Crippen LogP contribution in [0, 0.1) is 19.8 Å². The van der Waals surface area contributed by atoms with E-state index in [4.69, 9.17) is 4.42 Å². The van der Waals surface area contributed by atoms with Crippen LogP contribution in [0.15, 0.2) is 57.7 Å². The summed E-state index contributed by atoms with van der Waals surface area (Å²) in [6, 6.07) is 14.8. The molecule has 1 amide bonds. The minimum atomic E-state index is -0.345. The van der Waals surface area contributed by atoms with Crippen LogP contribution in [-0.4, -0.2) is 5.91 Å². The zero-order chi connectivity index (χ0) is 18.3. The van der Waals surface area contributed by atoms with Gasteiger partial charge in [0.15, 0.2) is 11.2 Å². The first-order chi connectivity index (χ1) is 12.5. The normalized spacial score (nSPS) is 15.0. The summed E-state index contributed by atoms with van der Waals surface area (Å²) in [7, 11) is 0. The van der Waals surface area contributed by atoms with Gasteiger partial charge in [0.2, 0.25) is 0 Å². The third kappa shape index (κ3) is 3.27. The van der Waals surface area contributed by atoms with Crippen molar-refractivity contribution in [1.82, 2.24) is 5.32 Å². The van der Waals surface area contributed by atoms with Crippen molar-refractivity contribution in [2.24, 2.45) is 5.92 Å². The van der Waals surface area contributed by atoms with E-state index < -0.39 is 0 Å². The molecule has 4 nitrogen and oxygen atoms in total. The largest absolute Gasteiger partial charge is 0.451 e. The maximum absolute atomic E-state index is 12.7. The van der Waals surface area contributed by atoms with E-state index in [1.165, 1.54) is 11.6 Å². The lowest BCUT2D eigenvalue weighted by molar-refractivity contribution is 0.0904. The summed E-state index contributed by atoms with van der Waals surface area (Å²) in [6.45, 7) is 3.96. The maximum atomic E-state index is 12.7. The first kappa shape index (κ1) is 16.6. The molecule has 1 N–H and O–H groups in total. The minimum Gasteiger partial charge on any atom is -0.451 e. The number of hydrogen-bond donors (Lipinski definition) is 1. The van der Waals surface area contributed by atoms with Gasteiger partial charge in [-0.1, -0.05) is 41.5 Å². The van der Waals surface area contributed by atoms with E-state index in [1.807, 2.05) is 19.9 Å². The summed E-state index contributed by atoms with van der Waals surface area (Å²) in [4.78, 5) is 25.1. The summed E-state index contributed by atoms with van der Waals surface area (Å²) in [5.74, 6) is 0.155. The zero-order valence-electron chi connectivity index (χ0n) is 14.9. The second kappa shape index (κ2) is 6.45. The molecule has 0 spiro atoms. The highest BCUT2D eigenvalue weighted by Crippen LogP contribution is 2.41. The topological polar surface area (TPSA) is 59.3 Å². The van der Waals surface area contributed by atoms with Crippen LogP contribution in [0.4, 0.5) is 0 Å². The Balaban J connectivity index is 1.64. The first-order valence-electron chi connectivity index (χ1n) is 8.93. The first-order valence-corrected chi connectivity index (χ1v) is 8.93. The Bertz CT molecular complexity index is 1030. The Morgan fingerprint density at radius 3 is 2.42 bits per heavy atom. The van der Waals surface area contributed by atoms with Gasteiger partial charge in [-0.15, -0.1) is 0 Å². The fourth-order valence-corrected chi connectivity index (χ4v) is 3.27. The third-order valence-electron chi connectivity index (χ3n) is 4.92. The van der Waals surface area contributed by atoms with Gasteiger partial charge in [-0.25, -0.2) is 0 Å². The number of fused-ring (bicyclic) bond motifs is 1. The standard InChI is InChI=1S/C22H21NO3/c1-13-3-6-15(7-4-13)21(16-8-9-16)23-22(25)20-12-18(24)17-11-14(2)5-10-19(17)26-20/h3-7,10-12,16,21H,8-9H2,1-2H3,(H,23,25)/t21-/m1/s1. The van der Waals surface area contributed by atoms with Crippen LogP contribution in [-0.2, 0) is 0 Å². The maximum Gasteiger partial charge on any atom is 0.287 e.